The van der Waals surface area contributed by atoms with Crippen molar-refractivity contribution in [3.63, 3.8) is 0 Å². The average Bonchev–Trinajstić information content (AvgIpc) is 2.77. The normalized spacial score (nSPS) is 9.96. The molecule has 0 aromatic heterocycles. The molecular formula is C22H16N2O4. The van der Waals surface area contributed by atoms with Crippen molar-refractivity contribution < 1.29 is 19.3 Å². The van der Waals surface area contributed by atoms with Crippen molar-refractivity contribution in [2.24, 2.45) is 0 Å². The molecule has 0 heterocycles. The van der Waals surface area contributed by atoms with Crippen LogP contribution >= 0.6 is 0 Å². The fourth-order valence-corrected chi connectivity index (χ4v) is 2.33. The molecule has 3 aromatic carbocycles. The maximum atomic E-state index is 12.7. The summed E-state index contributed by atoms with van der Waals surface area (Å²) in [6.45, 7) is 0.0417. The van der Waals surface area contributed by atoms with Gasteiger partial charge in [-0.25, -0.2) is 9.63 Å². The molecule has 0 fully saturated rings. The number of carbonyl (C=O) groups excluding carboxylic acids is 2. The summed E-state index contributed by atoms with van der Waals surface area (Å²) in [6.07, 6.45) is 0. The highest BCUT2D eigenvalue weighted by Gasteiger charge is 2.23. The Kier molecular flexibility index (Phi) is 6.13. The van der Waals surface area contributed by atoms with Gasteiger partial charge in [-0.2, -0.15) is 5.26 Å². The summed E-state index contributed by atoms with van der Waals surface area (Å²) >= 11 is 0. The van der Waals surface area contributed by atoms with Crippen molar-refractivity contribution in [1.82, 2.24) is 5.23 Å². The maximum Gasteiger partial charge on any atom is 0.366 e. The largest absolute Gasteiger partial charge is 0.366 e. The standard InChI is InChI=1S/C22H16N2O4/c23-15-17-11-13-20(14-12-17)22(26)28-24(21(25)19-9-5-2-6-10-19)27-16-18-7-3-1-4-8-18/h1-14H,16H2. The Morgan fingerprint density at radius 2 is 1.43 bits per heavy atom. The number of benzene rings is 3. The molecular weight excluding hydrogens is 356 g/mol. The first-order chi connectivity index (χ1) is 13.7. The minimum atomic E-state index is -0.776. The van der Waals surface area contributed by atoms with Gasteiger partial charge in [0, 0.05) is 5.56 Å². The monoisotopic (exact) mass is 372 g/mol. The average molecular weight is 372 g/mol. The number of hydrogen-bond donors (Lipinski definition) is 0. The summed E-state index contributed by atoms with van der Waals surface area (Å²) < 4.78 is 0. The Balaban J connectivity index is 1.77. The van der Waals surface area contributed by atoms with Gasteiger partial charge < -0.3 is 4.84 Å². The molecule has 0 radical (unpaired) electrons. The number of amides is 1. The zero-order chi connectivity index (χ0) is 19.8. The number of hydroxylamine groups is 2. The van der Waals surface area contributed by atoms with E-state index < -0.39 is 11.9 Å². The third-order valence-electron chi connectivity index (χ3n) is 3.79. The predicted molar refractivity (Wildman–Crippen MR) is 100 cm³/mol. The van der Waals surface area contributed by atoms with E-state index in [0.717, 1.165) is 5.56 Å². The van der Waals surface area contributed by atoms with Crippen molar-refractivity contribution in [2.75, 3.05) is 0 Å². The minimum Gasteiger partial charge on any atom is -0.306 e. The van der Waals surface area contributed by atoms with E-state index in [1.165, 1.54) is 24.3 Å². The van der Waals surface area contributed by atoms with E-state index in [2.05, 4.69) is 0 Å². The first-order valence-electron chi connectivity index (χ1n) is 8.46. The Bertz CT molecular complexity index is 981. The Hall–Kier alpha value is -3.95. The van der Waals surface area contributed by atoms with Gasteiger partial charge in [-0.15, -0.1) is 0 Å². The third kappa shape index (κ3) is 4.81. The second kappa shape index (κ2) is 9.12. The van der Waals surface area contributed by atoms with Gasteiger partial charge in [-0.3, -0.25) is 4.79 Å². The van der Waals surface area contributed by atoms with Crippen LogP contribution in [0.4, 0.5) is 0 Å². The molecule has 3 aromatic rings. The van der Waals surface area contributed by atoms with Crippen LogP contribution in [0.3, 0.4) is 0 Å². The fraction of sp³-hybridized carbons (Fsp3) is 0.0455. The highest BCUT2D eigenvalue weighted by Crippen LogP contribution is 2.12. The summed E-state index contributed by atoms with van der Waals surface area (Å²) in [5.41, 5.74) is 1.72. The van der Waals surface area contributed by atoms with Gasteiger partial charge in [0.1, 0.15) is 6.61 Å². The van der Waals surface area contributed by atoms with Crippen molar-refractivity contribution >= 4 is 11.9 Å². The van der Waals surface area contributed by atoms with Crippen LogP contribution in [0.15, 0.2) is 84.9 Å². The van der Waals surface area contributed by atoms with Crippen LogP contribution in [0.5, 0.6) is 0 Å². The van der Waals surface area contributed by atoms with E-state index in [-0.39, 0.29) is 12.2 Å². The van der Waals surface area contributed by atoms with Crippen LogP contribution in [-0.2, 0) is 16.3 Å². The molecule has 0 saturated heterocycles. The van der Waals surface area contributed by atoms with Gasteiger partial charge in [0.2, 0.25) is 0 Å². The molecule has 3 rings (SSSR count). The molecule has 6 heteroatoms. The first kappa shape index (κ1) is 18.8. The lowest BCUT2D eigenvalue weighted by atomic mass is 10.1. The third-order valence-corrected chi connectivity index (χ3v) is 3.79. The number of hydrogen-bond acceptors (Lipinski definition) is 5. The smallest absolute Gasteiger partial charge is 0.306 e. The Morgan fingerprint density at radius 3 is 2.04 bits per heavy atom. The Morgan fingerprint density at radius 1 is 0.821 bits per heavy atom. The van der Waals surface area contributed by atoms with E-state index in [0.29, 0.717) is 16.4 Å². The first-order valence-corrected chi connectivity index (χ1v) is 8.46. The molecule has 28 heavy (non-hydrogen) atoms. The highest BCUT2D eigenvalue weighted by atomic mass is 17.0. The van der Waals surface area contributed by atoms with E-state index in [4.69, 9.17) is 14.9 Å². The minimum absolute atomic E-state index is 0.0417. The molecule has 0 atom stereocenters. The number of carbonyl (C=O) groups is 2. The topological polar surface area (TPSA) is 79.6 Å². The van der Waals surface area contributed by atoms with Crippen LogP contribution in [0.2, 0.25) is 0 Å². The molecule has 0 unspecified atom stereocenters. The van der Waals surface area contributed by atoms with E-state index in [9.17, 15) is 9.59 Å². The molecule has 0 N–H and O–H groups in total. The summed E-state index contributed by atoms with van der Waals surface area (Å²) in [7, 11) is 0. The zero-order valence-corrected chi connectivity index (χ0v) is 14.8. The van der Waals surface area contributed by atoms with Crippen LogP contribution in [-0.4, -0.2) is 17.1 Å². The molecule has 0 aliphatic carbocycles. The number of nitriles is 1. The molecule has 6 nitrogen and oxygen atoms in total. The second-order valence-electron chi connectivity index (χ2n) is 5.76. The van der Waals surface area contributed by atoms with Gasteiger partial charge >= 0.3 is 11.9 Å². The van der Waals surface area contributed by atoms with Crippen molar-refractivity contribution in [3.05, 3.63) is 107 Å². The van der Waals surface area contributed by atoms with Gasteiger partial charge in [-0.1, -0.05) is 48.5 Å². The number of nitrogens with zero attached hydrogens (tertiary/aromatic N) is 2. The second-order valence-corrected chi connectivity index (χ2v) is 5.76. The molecule has 0 saturated carbocycles. The van der Waals surface area contributed by atoms with Crippen molar-refractivity contribution in [2.45, 2.75) is 6.61 Å². The van der Waals surface area contributed by atoms with Crippen molar-refractivity contribution in [3.8, 4) is 6.07 Å². The molecule has 138 valence electrons. The summed E-state index contributed by atoms with van der Waals surface area (Å²) in [6, 6.07) is 25.4. The highest BCUT2D eigenvalue weighted by molar-refractivity contribution is 5.95. The van der Waals surface area contributed by atoms with Crippen LogP contribution in [0.1, 0.15) is 31.8 Å². The van der Waals surface area contributed by atoms with E-state index in [1.807, 2.05) is 36.4 Å². The number of rotatable bonds is 5. The molecule has 0 aliphatic heterocycles. The summed E-state index contributed by atoms with van der Waals surface area (Å²) in [5.74, 6) is -1.39. The molecule has 1 amide bonds. The predicted octanol–water partition coefficient (Wildman–Crippen LogP) is 3.90. The van der Waals surface area contributed by atoms with Crippen LogP contribution in [0, 0.1) is 11.3 Å². The quantitative estimate of drug-likeness (QED) is 0.635. The SMILES string of the molecule is N#Cc1ccc(C(=O)ON(OCc2ccccc2)C(=O)c2ccccc2)cc1. The van der Waals surface area contributed by atoms with E-state index >= 15 is 0 Å². The lowest BCUT2D eigenvalue weighted by Gasteiger charge is -2.20. The lowest BCUT2D eigenvalue weighted by molar-refractivity contribution is -0.300. The van der Waals surface area contributed by atoms with E-state index in [1.54, 1.807) is 30.3 Å². The van der Waals surface area contributed by atoms with Crippen LogP contribution < -0.4 is 0 Å². The van der Waals surface area contributed by atoms with Gasteiger partial charge in [-0.05, 0) is 47.2 Å². The summed E-state index contributed by atoms with van der Waals surface area (Å²) in [4.78, 5) is 35.8. The van der Waals surface area contributed by atoms with Gasteiger partial charge in [0.15, 0.2) is 0 Å². The fourth-order valence-electron chi connectivity index (χ4n) is 2.33. The molecule has 0 spiro atoms. The summed E-state index contributed by atoms with van der Waals surface area (Å²) in [5, 5.41) is 9.44. The lowest BCUT2D eigenvalue weighted by Crippen LogP contribution is -2.33. The van der Waals surface area contributed by atoms with Gasteiger partial charge in [0.25, 0.3) is 0 Å². The zero-order valence-electron chi connectivity index (χ0n) is 14.8. The molecule has 0 aliphatic rings. The van der Waals surface area contributed by atoms with Gasteiger partial charge in [0.05, 0.1) is 17.2 Å². The van der Waals surface area contributed by atoms with Crippen LogP contribution in [0.25, 0.3) is 0 Å². The molecule has 0 bridgehead atoms. The van der Waals surface area contributed by atoms with Crippen molar-refractivity contribution in [1.29, 1.82) is 5.26 Å². The maximum absolute atomic E-state index is 12.7. The Labute approximate surface area is 162 Å².